The van der Waals surface area contributed by atoms with Gasteiger partial charge in [0.1, 0.15) is 0 Å². The highest BCUT2D eigenvalue weighted by Crippen LogP contribution is 2.40. The zero-order chi connectivity index (χ0) is 14.9. The van der Waals surface area contributed by atoms with E-state index in [1.165, 1.54) is 0 Å². The minimum Gasteiger partial charge on any atom is -0.398 e. The van der Waals surface area contributed by atoms with Crippen LogP contribution in [0.3, 0.4) is 0 Å². The molecule has 5 heteroatoms. The molecule has 4 N–H and O–H groups in total. The van der Waals surface area contributed by atoms with Crippen LogP contribution in [0.5, 0.6) is 0 Å². The zero-order valence-corrected chi connectivity index (χ0v) is 15.0. The Bertz CT molecular complexity index is 701. The first-order valence-electron chi connectivity index (χ1n) is 6.91. The molecule has 0 aliphatic heterocycles. The predicted octanol–water partition coefficient (Wildman–Crippen LogP) is 3.92. The molecule has 2 unspecified atom stereocenters. The first kappa shape index (κ1) is 19.7. The van der Waals surface area contributed by atoms with Gasteiger partial charge in [0, 0.05) is 17.3 Å². The van der Waals surface area contributed by atoms with Crippen LogP contribution in [-0.4, -0.2) is 6.04 Å². The smallest absolute Gasteiger partial charge is 0.0767 e. The first-order valence-corrected chi connectivity index (χ1v) is 7.35. The summed E-state index contributed by atoms with van der Waals surface area (Å²) in [6.07, 6.45) is 3.96. The second-order valence-electron chi connectivity index (χ2n) is 5.26. The SMILES string of the molecule is Cl.Cl.NC1=CC(S)(c2ccccc2)C(N)C=C1c1ccccc1. The monoisotopic (exact) mass is 366 g/mol. The Hall–Kier alpha value is -1.39. The van der Waals surface area contributed by atoms with Gasteiger partial charge in [0.2, 0.25) is 0 Å². The number of rotatable bonds is 2. The third kappa shape index (κ3) is 3.75. The first-order chi connectivity index (χ1) is 10.1. The summed E-state index contributed by atoms with van der Waals surface area (Å²) in [5.74, 6) is 0. The van der Waals surface area contributed by atoms with Crippen molar-refractivity contribution in [2.24, 2.45) is 11.5 Å². The summed E-state index contributed by atoms with van der Waals surface area (Å²) in [6.45, 7) is 0. The van der Waals surface area contributed by atoms with E-state index in [1.807, 2.05) is 72.8 Å². The Kier molecular flexibility index (Phi) is 6.78. The van der Waals surface area contributed by atoms with E-state index in [9.17, 15) is 0 Å². The molecule has 0 fully saturated rings. The maximum Gasteiger partial charge on any atom is 0.0767 e. The topological polar surface area (TPSA) is 52.0 Å². The van der Waals surface area contributed by atoms with E-state index in [4.69, 9.17) is 24.1 Å². The summed E-state index contributed by atoms with van der Waals surface area (Å²) in [7, 11) is 0. The second kappa shape index (κ2) is 7.93. The van der Waals surface area contributed by atoms with Crippen LogP contribution in [0, 0.1) is 0 Å². The minimum atomic E-state index is -0.580. The van der Waals surface area contributed by atoms with Gasteiger partial charge in [-0.25, -0.2) is 0 Å². The molecule has 0 amide bonds. The molecule has 23 heavy (non-hydrogen) atoms. The highest BCUT2D eigenvalue weighted by Gasteiger charge is 2.35. The molecule has 2 aromatic carbocycles. The molecule has 0 bridgehead atoms. The number of hydrogen-bond donors (Lipinski definition) is 3. The highest BCUT2D eigenvalue weighted by molar-refractivity contribution is 7.81. The summed E-state index contributed by atoms with van der Waals surface area (Å²) >= 11 is 4.82. The van der Waals surface area contributed by atoms with E-state index < -0.39 is 4.75 Å². The van der Waals surface area contributed by atoms with Crippen molar-refractivity contribution >= 4 is 43.0 Å². The van der Waals surface area contributed by atoms with Crippen molar-refractivity contribution in [2.45, 2.75) is 10.8 Å². The molecule has 0 radical (unpaired) electrons. The number of hydrogen-bond acceptors (Lipinski definition) is 3. The van der Waals surface area contributed by atoms with Gasteiger partial charge in [0.25, 0.3) is 0 Å². The fourth-order valence-corrected chi connectivity index (χ4v) is 3.04. The van der Waals surface area contributed by atoms with Gasteiger partial charge in [-0.15, -0.1) is 24.8 Å². The molecule has 2 atom stereocenters. The zero-order valence-electron chi connectivity index (χ0n) is 12.4. The molecular formula is C18H20Cl2N2S. The van der Waals surface area contributed by atoms with Gasteiger partial charge < -0.3 is 11.5 Å². The summed E-state index contributed by atoms with van der Waals surface area (Å²) < 4.78 is -0.580. The summed E-state index contributed by atoms with van der Waals surface area (Å²) in [5, 5.41) is 0. The van der Waals surface area contributed by atoms with Gasteiger partial charge in [-0.05, 0) is 17.2 Å². The van der Waals surface area contributed by atoms with E-state index in [2.05, 4.69) is 0 Å². The van der Waals surface area contributed by atoms with Gasteiger partial charge in [-0.2, -0.15) is 12.6 Å². The Balaban J connectivity index is 0.00000132. The molecule has 0 saturated carbocycles. The van der Waals surface area contributed by atoms with Crippen molar-refractivity contribution in [1.29, 1.82) is 0 Å². The van der Waals surface area contributed by atoms with E-state index >= 15 is 0 Å². The number of allylic oxidation sites excluding steroid dienone is 1. The predicted molar refractivity (Wildman–Crippen MR) is 106 cm³/mol. The lowest BCUT2D eigenvalue weighted by Crippen LogP contribution is -2.41. The van der Waals surface area contributed by atoms with Crippen LogP contribution in [0.25, 0.3) is 5.57 Å². The Morgan fingerprint density at radius 2 is 1.39 bits per heavy atom. The van der Waals surface area contributed by atoms with Gasteiger partial charge in [0.15, 0.2) is 0 Å². The lowest BCUT2D eigenvalue weighted by Gasteiger charge is -2.35. The van der Waals surface area contributed by atoms with Crippen molar-refractivity contribution in [2.75, 3.05) is 0 Å². The Labute approximate surface area is 154 Å². The standard InChI is InChI=1S/C18H18N2S.2ClH/c19-16-12-18(21,14-9-5-2-6-10-14)17(20)11-15(16)13-7-3-1-4-8-13;;/h1-12,17,21H,19-20H2;2*1H. The molecule has 0 aromatic heterocycles. The van der Waals surface area contributed by atoms with Crippen LogP contribution in [0.15, 0.2) is 78.5 Å². The molecule has 0 heterocycles. The summed E-state index contributed by atoms with van der Waals surface area (Å²) in [4.78, 5) is 0. The van der Waals surface area contributed by atoms with Gasteiger partial charge in [0.05, 0.1) is 4.75 Å². The molecule has 2 nitrogen and oxygen atoms in total. The Morgan fingerprint density at radius 1 is 0.870 bits per heavy atom. The number of halogens is 2. The van der Waals surface area contributed by atoms with E-state index in [1.54, 1.807) is 0 Å². The van der Waals surface area contributed by atoms with Crippen LogP contribution in [-0.2, 0) is 4.75 Å². The minimum absolute atomic E-state index is 0. The van der Waals surface area contributed by atoms with E-state index in [-0.39, 0.29) is 30.9 Å². The molecule has 2 aromatic rings. The third-order valence-electron chi connectivity index (χ3n) is 3.86. The normalized spacial score (nSPS) is 23.0. The molecule has 1 aliphatic carbocycles. The molecular weight excluding hydrogens is 347 g/mol. The maximum absolute atomic E-state index is 6.38. The number of benzene rings is 2. The van der Waals surface area contributed by atoms with Crippen molar-refractivity contribution < 1.29 is 0 Å². The quantitative estimate of drug-likeness (QED) is 0.705. The third-order valence-corrected chi connectivity index (χ3v) is 4.55. The maximum atomic E-state index is 6.38. The van der Waals surface area contributed by atoms with E-state index in [0.29, 0.717) is 5.70 Å². The van der Waals surface area contributed by atoms with Crippen LogP contribution in [0.4, 0.5) is 0 Å². The van der Waals surface area contributed by atoms with Crippen molar-refractivity contribution in [3.8, 4) is 0 Å². The largest absolute Gasteiger partial charge is 0.398 e. The van der Waals surface area contributed by atoms with Crippen LogP contribution >= 0.6 is 37.4 Å². The van der Waals surface area contributed by atoms with Gasteiger partial charge in [-0.1, -0.05) is 66.7 Å². The van der Waals surface area contributed by atoms with E-state index in [0.717, 1.165) is 16.7 Å². The van der Waals surface area contributed by atoms with Crippen LogP contribution < -0.4 is 11.5 Å². The number of thiol groups is 1. The summed E-state index contributed by atoms with van der Waals surface area (Å²) in [6, 6.07) is 19.8. The lowest BCUT2D eigenvalue weighted by molar-refractivity contribution is 0.659. The summed E-state index contributed by atoms with van der Waals surface area (Å²) in [5.41, 5.74) is 16.5. The fourth-order valence-electron chi connectivity index (χ4n) is 2.68. The van der Waals surface area contributed by atoms with Crippen molar-refractivity contribution in [3.05, 3.63) is 89.6 Å². The van der Waals surface area contributed by atoms with Gasteiger partial charge >= 0.3 is 0 Å². The van der Waals surface area contributed by atoms with Crippen molar-refractivity contribution in [1.82, 2.24) is 0 Å². The number of nitrogens with two attached hydrogens (primary N) is 2. The molecule has 0 saturated heterocycles. The molecule has 122 valence electrons. The average Bonchev–Trinajstić information content (AvgIpc) is 2.52. The average molecular weight is 367 g/mol. The molecule has 3 rings (SSSR count). The molecule has 1 aliphatic rings. The van der Waals surface area contributed by atoms with Crippen LogP contribution in [0.1, 0.15) is 11.1 Å². The van der Waals surface area contributed by atoms with Crippen molar-refractivity contribution in [3.63, 3.8) is 0 Å². The van der Waals surface area contributed by atoms with Gasteiger partial charge in [-0.3, -0.25) is 0 Å². The van der Waals surface area contributed by atoms with Crippen LogP contribution in [0.2, 0.25) is 0 Å². The fraction of sp³-hybridized carbons (Fsp3) is 0.111. The highest BCUT2D eigenvalue weighted by atomic mass is 35.5. The Morgan fingerprint density at radius 3 is 1.96 bits per heavy atom. The second-order valence-corrected chi connectivity index (χ2v) is 6.00. The molecule has 0 spiro atoms. The lowest BCUT2D eigenvalue weighted by atomic mass is 9.82.